The van der Waals surface area contributed by atoms with Crippen molar-refractivity contribution in [1.29, 1.82) is 0 Å². The number of aromatic nitrogens is 1. The SMILES string of the molecule is COC(=O)/C=C/O/N=C1\CC2(CCC(F)(F)CC2)Oc2cnccc21. The van der Waals surface area contributed by atoms with E-state index in [1.807, 2.05) is 0 Å². The third-order valence-corrected chi connectivity index (χ3v) is 4.43. The van der Waals surface area contributed by atoms with E-state index in [9.17, 15) is 13.6 Å². The Balaban J connectivity index is 1.82. The fourth-order valence-corrected chi connectivity index (χ4v) is 3.05. The van der Waals surface area contributed by atoms with Gasteiger partial charge in [0.25, 0.3) is 0 Å². The zero-order valence-corrected chi connectivity index (χ0v) is 13.7. The molecule has 0 atom stereocenters. The molecule has 1 fully saturated rings. The number of pyridine rings is 1. The predicted molar refractivity (Wildman–Crippen MR) is 84.4 cm³/mol. The zero-order valence-electron chi connectivity index (χ0n) is 13.7. The number of hydrogen-bond acceptors (Lipinski definition) is 6. The number of halogens is 2. The van der Waals surface area contributed by atoms with E-state index in [2.05, 4.69) is 14.9 Å². The van der Waals surface area contributed by atoms with Gasteiger partial charge in [0.2, 0.25) is 5.92 Å². The smallest absolute Gasteiger partial charge is 0.333 e. The monoisotopic (exact) mass is 352 g/mol. The molecule has 0 bridgehead atoms. The summed E-state index contributed by atoms with van der Waals surface area (Å²) in [6, 6.07) is 1.73. The van der Waals surface area contributed by atoms with E-state index in [0.29, 0.717) is 23.4 Å². The van der Waals surface area contributed by atoms with Crippen LogP contribution in [0.2, 0.25) is 0 Å². The molecule has 0 saturated heterocycles. The van der Waals surface area contributed by atoms with Crippen LogP contribution in [-0.4, -0.2) is 35.3 Å². The van der Waals surface area contributed by atoms with Crippen molar-refractivity contribution in [3.63, 3.8) is 0 Å². The molecule has 1 saturated carbocycles. The van der Waals surface area contributed by atoms with Gasteiger partial charge in [-0.1, -0.05) is 5.16 Å². The van der Waals surface area contributed by atoms with Crippen LogP contribution < -0.4 is 4.74 Å². The summed E-state index contributed by atoms with van der Waals surface area (Å²) in [6.07, 6.45) is 5.70. The van der Waals surface area contributed by atoms with Crippen LogP contribution in [0.25, 0.3) is 0 Å². The number of fused-ring (bicyclic) bond motifs is 1. The van der Waals surface area contributed by atoms with E-state index in [1.54, 1.807) is 18.5 Å². The number of ether oxygens (including phenoxy) is 2. The number of rotatable bonds is 3. The number of carbonyl (C=O) groups excluding carboxylic acids is 1. The minimum Gasteiger partial charge on any atom is -0.485 e. The summed E-state index contributed by atoms with van der Waals surface area (Å²) in [4.78, 5) is 20.1. The first-order valence-corrected chi connectivity index (χ1v) is 7.92. The Morgan fingerprint density at radius 2 is 2.12 bits per heavy atom. The summed E-state index contributed by atoms with van der Waals surface area (Å²) < 4.78 is 37.5. The second kappa shape index (κ2) is 6.78. The summed E-state index contributed by atoms with van der Waals surface area (Å²) >= 11 is 0. The van der Waals surface area contributed by atoms with Crippen molar-refractivity contribution >= 4 is 11.7 Å². The van der Waals surface area contributed by atoms with E-state index < -0.39 is 17.5 Å². The molecule has 0 unspecified atom stereocenters. The van der Waals surface area contributed by atoms with E-state index in [4.69, 9.17) is 9.57 Å². The van der Waals surface area contributed by atoms with Crippen LogP contribution in [-0.2, 0) is 14.4 Å². The maximum Gasteiger partial charge on any atom is 0.333 e. The van der Waals surface area contributed by atoms with Crippen LogP contribution in [0.1, 0.15) is 37.7 Å². The van der Waals surface area contributed by atoms with E-state index in [0.717, 1.165) is 12.3 Å². The minimum absolute atomic E-state index is 0.223. The summed E-state index contributed by atoms with van der Waals surface area (Å²) in [5.41, 5.74) is 0.541. The molecule has 8 heteroatoms. The average molecular weight is 352 g/mol. The molecule has 0 aromatic carbocycles. The first-order valence-electron chi connectivity index (χ1n) is 7.92. The van der Waals surface area contributed by atoms with Crippen molar-refractivity contribution in [1.82, 2.24) is 4.98 Å². The van der Waals surface area contributed by atoms with Gasteiger partial charge in [-0.3, -0.25) is 4.98 Å². The number of hydrogen-bond donors (Lipinski definition) is 0. The second-order valence-corrected chi connectivity index (χ2v) is 6.16. The van der Waals surface area contributed by atoms with Gasteiger partial charge < -0.3 is 14.3 Å². The Bertz CT molecular complexity index is 708. The third kappa shape index (κ3) is 3.94. The van der Waals surface area contributed by atoms with Crippen molar-refractivity contribution < 1.29 is 27.9 Å². The number of nitrogens with zero attached hydrogens (tertiary/aromatic N) is 2. The first kappa shape index (κ1) is 17.3. The molecular weight excluding hydrogens is 334 g/mol. The van der Waals surface area contributed by atoms with Crippen LogP contribution in [0.3, 0.4) is 0 Å². The van der Waals surface area contributed by atoms with Crippen LogP contribution in [0.5, 0.6) is 5.75 Å². The van der Waals surface area contributed by atoms with Gasteiger partial charge in [-0.25, -0.2) is 13.6 Å². The fraction of sp³-hybridized carbons (Fsp3) is 0.471. The lowest BCUT2D eigenvalue weighted by Crippen LogP contribution is -2.47. The molecule has 0 amide bonds. The topological polar surface area (TPSA) is 70.0 Å². The molecule has 2 aliphatic rings. The summed E-state index contributed by atoms with van der Waals surface area (Å²) in [5.74, 6) is -2.72. The maximum atomic E-state index is 13.5. The number of alkyl halides is 2. The molecule has 1 aliphatic carbocycles. The van der Waals surface area contributed by atoms with Crippen LogP contribution in [0.15, 0.2) is 36.0 Å². The highest BCUT2D eigenvalue weighted by molar-refractivity contribution is 6.04. The molecule has 1 spiro atoms. The zero-order chi connectivity index (χ0) is 17.9. The van der Waals surface area contributed by atoms with Gasteiger partial charge in [-0.2, -0.15) is 0 Å². The molecule has 6 nitrogen and oxygen atoms in total. The van der Waals surface area contributed by atoms with Crippen molar-refractivity contribution in [2.24, 2.45) is 5.16 Å². The normalized spacial score (nSPS) is 22.4. The van der Waals surface area contributed by atoms with Crippen LogP contribution in [0, 0.1) is 0 Å². The van der Waals surface area contributed by atoms with Crippen LogP contribution in [0.4, 0.5) is 8.78 Å². The van der Waals surface area contributed by atoms with Gasteiger partial charge in [-0.05, 0) is 18.9 Å². The van der Waals surface area contributed by atoms with Gasteiger partial charge in [0, 0.05) is 31.0 Å². The predicted octanol–water partition coefficient (Wildman–Crippen LogP) is 3.22. The lowest BCUT2D eigenvalue weighted by Gasteiger charge is -2.43. The Hall–Kier alpha value is -2.51. The second-order valence-electron chi connectivity index (χ2n) is 6.16. The van der Waals surface area contributed by atoms with Crippen molar-refractivity contribution in [3.8, 4) is 5.75 Å². The number of carbonyl (C=O) groups is 1. The average Bonchev–Trinajstić information content (AvgIpc) is 2.61. The highest BCUT2D eigenvalue weighted by Crippen LogP contribution is 2.46. The van der Waals surface area contributed by atoms with Gasteiger partial charge in [-0.15, -0.1) is 0 Å². The van der Waals surface area contributed by atoms with E-state index >= 15 is 0 Å². The minimum atomic E-state index is -2.65. The molecule has 134 valence electrons. The quantitative estimate of drug-likeness (QED) is 0.362. The molecule has 1 aromatic heterocycles. The number of methoxy groups -OCH3 is 1. The number of oxime groups is 1. The molecule has 0 N–H and O–H groups in total. The standard InChI is InChI=1S/C17H18F2N2O4/c1-23-15(22)3-9-24-21-13-10-16(4-6-17(18,19)7-5-16)25-14-11-20-8-2-12(13)14/h2-3,8-9,11H,4-7,10H2,1H3/b9-3+,21-13+. The summed E-state index contributed by atoms with van der Waals surface area (Å²) in [6.45, 7) is 0. The van der Waals surface area contributed by atoms with E-state index in [1.165, 1.54) is 7.11 Å². The Kier molecular flexibility index (Phi) is 4.69. The molecule has 25 heavy (non-hydrogen) atoms. The molecular formula is C17H18F2N2O4. The largest absolute Gasteiger partial charge is 0.485 e. The van der Waals surface area contributed by atoms with Gasteiger partial charge in [0.15, 0.2) is 0 Å². The molecule has 3 rings (SSSR count). The molecule has 1 aromatic rings. The highest BCUT2D eigenvalue weighted by Gasteiger charge is 2.48. The lowest BCUT2D eigenvalue weighted by molar-refractivity contribution is -0.135. The molecule has 1 aliphatic heterocycles. The Labute approximate surface area is 143 Å². The Morgan fingerprint density at radius 3 is 2.84 bits per heavy atom. The van der Waals surface area contributed by atoms with Crippen molar-refractivity contribution in [3.05, 3.63) is 36.4 Å². The third-order valence-electron chi connectivity index (χ3n) is 4.43. The highest BCUT2D eigenvalue weighted by atomic mass is 19.3. The van der Waals surface area contributed by atoms with Crippen molar-refractivity contribution in [2.45, 2.75) is 43.6 Å². The summed E-state index contributed by atoms with van der Waals surface area (Å²) in [7, 11) is 1.25. The Morgan fingerprint density at radius 1 is 1.36 bits per heavy atom. The van der Waals surface area contributed by atoms with Gasteiger partial charge >= 0.3 is 5.97 Å². The number of esters is 1. The lowest BCUT2D eigenvalue weighted by atomic mass is 9.77. The molecule has 2 heterocycles. The maximum absolute atomic E-state index is 13.5. The van der Waals surface area contributed by atoms with E-state index in [-0.39, 0.29) is 25.7 Å². The fourth-order valence-electron chi connectivity index (χ4n) is 3.05. The van der Waals surface area contributed by atoms with Crippen molar-refractivity contribution in [2.75, 3.05) is 7.11 Å². The molecule has 0 radical (unpaired) electrons. The first-order chi connectivity index (χ1) is 11.9. The van der Waals surface area contributed by atoms with Gasteiger partial charge in [0.1, 0.15) is 17.6 Å². The van der Waals surface area contributed by atoms with Crippen LogP contribution >= 0.6 is 0 Å². The van der Waals surface area contributed by atoms with Gasteiger partial charge in [0.05, 0.1) is 25.1 Å². The summed E-state index contributed by atoms with van der Waals surface area (Å²) in [5, 5.41) is 4.04.